The Bertz CT molecular complexity index is 1300. The minimum absolute atomic E-state index is 0.0667. The maximum atomic E-state index is 8.36. The van der Waals surface area contributed by atoms with Crippen molar-refractivity contribution in [2.24, 2.45) is 5.73 Å². The summed E-state index contributed by atoms with van der Waals surface area (Å²) in [6, 6.07) is 9.24. The van der Waals surface area contributed by atoms with E-state index in [9.17, 15) is 0 Å². The molecule has 11 heteroatoms. The smallest absolute Gasteiger partial charge is 0.290 e. The van der Waals surface area contributed by atoms with Crippen molar-refractivity contribution < 1.29 is 14.6 Å². The van der Waals surface area contributed by atoms with E-state index in [0.29, 0.717) is 23.3 Å². The van der Waals surface area contributed by atoms with Crippen LogP contribution in [0.3, 0.4) is 0 Å². The molecule has 34 heavy (non-hydrogen) atoms. The number of anilines is 1. The van der Waals surface area contributed by atoms with Crippen LogP contribution in [0.2, 0.25) is 5.02 Å². The third-order valence-corrected chi connectivity index (χ3v) is 5.15. The Morgan fingerprint density at radius 3 is 2.62 bits per heavy atom. The number of pyridine rings is 1. The van der Waals surface area contributed by atoms with E-state index in [0.717, 1.165) is 33.6 Å². The fourth-order valence-electron chi connectivity index (χ4n) is 3.36. The molecule has 4 aromatic rings. The summed E-state index contributed by atoms with van der Waals surface area (Å²) in [6.07, 6.45) is 5.13. The van der Waals surface area contributed by atoms with Crippen LogP contribution in [0.15, 0.2) is 49.1 Å². The maximum Gasteiger partial charge on any atom is 0.290 e. The molecule has 0 radical (unpaired) electrons. The van der Waals surface area contributed by atoms with Gasteiger partial charge in [-0.2, -0.15) is 0 Å². The molecule has 0 saturated carbocycles. The normalized spacial score (nSPS) is 10.3. The average Bonchev–Trinajstić information content (AvgIpc) is 3.20. The quantitative estimate of drug-likeness (QED) is 0.177. The molecule has 0 amide bonds. The zero-order valence-corrected chi connectivity index (χ0v) is 19.4. The van der Waals surface area contributed by atoms with Crippen LogP contribution in [0.4, 0.5) is 5.82 Å². The van der Waals surface area contributed by atoms with Gasteiger partial charge < -0.3 is 25.3 Å². The molecule has 0 aliphatic carbocycles. The van der Waals surface area contributed by atoms with Crippen LogP contribution < -0.4 is 15.8 Å². The first-order valence-electron chi connectivity index (χ1n) is 10.1. The average molecular weight is 482 g/mol. The number of fused-ring (bicyclic) bond motifs is 1. The van der Waals surface area contributed by atoms with Gasteiger partial charge >= 0.3 is 0 Å². The number of nitrogens with one attached hydrogen (secondary N) is 2. The van der Waals surface area contributed by atoms with Gasteiger partial charge in [0.05, 0.1) is 10.7 Å². The molecule has 0 unspecified atom stereocenters. The molecule has 0 aliphatic rings. The number of ether oxygens (including phenoxy) is 1. The SMILES string of the molecule is Cc1cc(C(=N)N)cc(C)c1CNc1cc(OCc2cn3cc(Cl)ccc3n2)ncn1.O=CO. The van der Waals surface area contributed by atoms with E-state index in [1.165, 1.54) is 6.33 Å². The third-order valence-electron chi connectivity index (χ3n) is 4.93. The Labute approximate surface area is 200 Å². The number of nitrogens with two attached hydrogens (primary N) is 1. The van der Waals surface area contributed by atoms with Crippen molar-refractivity contribution in [2.45, 2.75) is 27.0 Å². The predicted molar refractivity (Wildman–Crippen MR) is 130 cm³/mol. The van der Waals surface area contributed by atoms with Crippen molar-refractivity contribution in [1.82, 2.24) is 19.4 Å². The maximum absolute atomic E-state index is 8.36. The summed E-state index contributed by atoms with van der Waals surface area (Å²) in [6.45, 7) is 4.62. The molecule has 0 saturated heterocycles. The van der Waals surface area contributed by atoms with E-state index in [1.807, 2.05) is 42.6 Å². The van der Waals surface area contributed by atoms with Gasteiger partial charge in [0.1, 0.15) is 30.2 Å². The number of imidazole rings is 1. The minimum Gasteiger partial charge on any atom is -0.483 e. The Hall–Kier alpha value is -4.18. The van der Waals surface area contributed by atoms with Crippen molar-refractivity contribution >= 4 is 35.4 Å². The molecule has 0 atom stereocenters. The number of rotatable bonds is 7. The zero-order chi connectivity index (χ0) is 24.7. The molecule has 3 heterocycles. The molecule has 10 nitrogen and oxygen atoms in total. The Morgan fingerprint density at radius 1 is 1.24 bits per heavy atom. The van der Waals surface area contributed by atoms with Gasteiger partial charge in [0.15, 0.2) is 0 Å². The lowest BCUT2D eigenvalue weighted by atomic mass is 9.99. The fraction of sp³-hybridized carbons (Fsp3) is 0.174. The number of carbonyl (C=O) groups is 1. The molecular formula is C23H24ClN7O3. The minimum atomic E-state index is -0.250. The predicted octanol–water partition coefficient (Wildman–Crippen LogP) is 3.57. The van der Waals surface area contributed by atoms with Crippen molar-refractivity contribution in [3.8, 4) is 5.88 Å². The van der Waals surface area contributed by atoms with E-state index >= 15 is 0 Å². The second-order valence-corrected chi connectivity index (χ2v) is 7.77. The van der Waals surface area contributed by atoms with Crippen LogP contribution in [0.25, 0.3) is 5.65 Å². The van der Waals surface area contributed by atoms with E-state index < -0.39 is 0 Å². The molecule has 176 valence electrons. The lowest BCUT2D eigenvalue weighted by molar-refractivity contribution is -0.122. The summed E-state index contributed by atoms with van der Waals surface area (Å²) in [5, 5.41) is 18.5. The fourth-order valence-corrected chi connectivity index (χ4v) is 3.52. The number of hydrogen-bond donors (Lipinski definition) is 4. The highest BCUT2D eigenvalue weighted by Crippen LogP contribution is 2.20. The lowest BCUT2D eigenvalue weighted by Gasteiger charge is -2.14. The summed E-state index contributed by atoms with van der Waals surface area (Å²) in [4.78, 5) is 21.3. The van der Waals surface area contributed by atoms with Crippen LogP contribution in [0, 0.1) is 19.3 Å². The number of hydrogen-bond acceptors (Lipinski definition) is 7. The standard InChI is InChI=1S/C22H22ClN7O.CH2O2/c1-13-5-15(22(24)25)6-14(2)18(13)8-26-19-7-21(28-12-27-19)31-11-17-10-30-9-16(23)3-4-20(30)29-17;2-1-3/h3-7,9-10,12H,8,11H2,1-2H3,(H3,24,25)(H,26,27,28);1H,(H,2,3). The molecule has 5 N–H and O–H groups in total. The number of halogens is 1. The zero-order valence-electron chi connectivity index (χ0n) is 18.6. The highest BCUT2D eigenvalue weighted by Gasteiger charge is 2.09. The van der Waals surface area contributed by atoms with E-state index in [2.05, 4.69) is 20.3 Å². The molecule has 0 bridgehead atoms. The number of carboxylic acid groups (broad SMARTS) is 1. The summed E-state index contributed by atoms with van der Waals surface area (Å²) < 4.78 is 7.65. The third kappa shape index (κ3) is 6.20. The molecule has 4 rings (SSSR count). The van der Waals surface area contributed by atoms with Crippen molar-refractivity contribution in [1.29, 1.82) is 5.41 Å². The molecular weight excluding hydrogens is 458 g/mol. The largest absolute Gasteiger partial charge is 0.483 e. The van der Waals surface area contributed by atoms with Crippen LogP contribution >= 0.6 is 11.6 Å². The van der Waals surface area contributed by atoms with Crippen molar-refractivity contribution in [2.75, 3.05) is 5.32 Å². The first-order chi connectivity index (χ1) is 16.3. The molecule has 0 spiro atoms. The van der Waals surface area contributed by atoms with Gasteiger partial charge in [-0.05, 0) is 54.8 Å². The number of amidine groups is 1. The highest BCUT2D eigenvalue weighted by molar-refractivity contribution is 6.30. The van der Waals surface area contributed by atoms with Gasteiger partial charge in [-0.25, -0.2) is 15.0 Å². The summed E-state index contributed by atoms with van der Waals surface area (Å²) >= 11 is 6.01. The Balaban J connectivity index is 0.00000103. The Kier molecular flexibility index (Phi) is 7.99. The van der Waals surface area contributed by atoms with Gasteiger partial charge in [-0.1, -0.05) is 11.6 Å². The van der Waals surface area contributed by atoms with Gasteiger partial charge in [0.2, 0.25) is 5.88 Å². The van der Waals surface area contributed by atoms with Crippen LogP contribution in [-0.4, -0.2) is 36.8 Å². The molecule has 1 aromatic carbocycles. The topological polar surface area (TPSA) is 152 Å². The molecule has 0 aliphatic heterocycles. The molecule has 3 aromatic heterocycles. The number of aromatic nitrogens is 4. The van der Waals surface area contributed by atoms with Crippen LogP contribution in [0.1, 0.15) is 27.9 Å². The van der Waals surface area contributed by atoms with Gasteiger partial charge in [0, 0.05) is 30.6 Å². The lowest BCUT2D eigenvalue weighted by Crippen LogP contribution is -2.13. The monoisotopic (exact) mass is 481 g/mol. The molecule has 0 fully saturated rings. The van der Waals surface area contributed by atoms with Crippen LogP contribution in [0.5, 0.6) is 5.88 Å². The number of nitrogens with zero attached hydrogens (tertiary/aromatic N) is 4. The number of benzene rings is 1. The van der Waals surface area contributed by atoms with E-state index in [4.69, 9.17) is 37.4 Å². The first kappa shape index (κ1) is 24.5. The first-order valence-corrected chi connectivity index (χ1v) is 10.5. The summed E-state index contributed by atoms with van der Waals surface area (Å²) in [5.41, 5.74) is 11.2. The summed E-state index contributed by atoms with van der Waals surface area (Å²) in [7, 11) is 0. The number of nitrogen functional groups attached to an aromatic ring is 1. The van der Waals surface area contributed by atoms with Crippen molar-refractivity contribution in [3.05, 3.63) is 82.0 Å². The number of aryl methyl sites for hydroxylation is 2. The van der Waals surface area contributed by atoms with Crippen molar-refractivity contribution in [3.63, 3.8) is 0 Å². The summed E-state index contributed by atoms with van der Waals surface area (Å²) in [5.74, 6) is 1.17. The van der Waals surface area contributed by atoms with E-state index in [-0.39, 0.29) is 18.9 Å². The van der Waals surface area contributed by atoms with Gasteiger partial charge in [-0.15, -0.1) is 0 Å². The Morgan fingerprint density at radius 2 is 1.94 bits per heavy atom. The second-order valence-electron chi connectivity index (χ2n) is 7.34. The second kappa shape index (κ2) is 11.1. The van der Waals surface area contributed by atoms with Gasteiger partial charge in [0.25, 0.3) is 6.47 Å². The van der Waals surface area contributed by atoms with Gasteiger partial charge in [-0.3, -0.25) is 10.2 Å². The highest BCUT2D eigenvalue weighted by atomic mass is 35.5. The van der Waals surface area contributed by atoms with Crippen LogP contribution in [-0.2, 0) is 17.9 Å². The van der Waals surface area contributed by atoms with E-state index in [1.54, 1.807) is 18.3 Å².